The number of halogens is 1. The summed E-state index contributed by atoms with van der Waals surface area (Å²) in [5.41, 5.74) is 0. The minimum atomic E-state index is -1.78. The van der Waals surface area contributed by atoms with Crippen LogP contribution in [0.2, 0.25) is 0 Å². The Morgan fingerprint density at radius 2 is 1.38 bits per heavy atom. The van der Waals surface area contributed by atoms with E-state index in [1.54, 1.807) is 0 Å². The van der Waals surface area contributed by atoms with Gasteiger partial charge in [0.05, 0.1) is 11.8 Å². The highest BCUT2D eigenvalue weighted by molar-refractivity contribution is 6.18. The number of hydrogen-bond acceptors (Lipinski definition) is 13. The number of amides is 1. The summed E-state index contributed by atoms with van der Waals surface area (Å²) in [4.78, 5) is 69.4. The molecule has 1 fully saturated rings. The molecule has 32 heavy (non-hydrogen) atoms. The number of hydrogen-bond donors (Lipinski definition) is 0. The van der Waals surface area contributed by atoms with E-state index in [-0.39, 0.29) is 12.4 Å². The van der Waals surface area contributed by atoms with E-state index < -0.39 is 67.3 Å². The van der Waals surface area contributed by atoms with Gasteiger partial charge in [0.25, 0.3) is 0 Å². The van der Waals surface area contributed by atoms with Gasteiger partial charge in [-0.15, -0.1) is 16.5 Å². The molecule has 1 amide bonds. The Kier molecular flexibility index (Phi) is 10.8. The number of carbonyl (C=O) groups is 5. The van der Waals surface area contributed by atoms with E-state index in [4.69, 9.17) is 40.0 Å². The monoisotopic (exact) mass is 482 g/mol. The molecule has 15 heteroatoms. The van der Waals surface area contributed by atoms with Crippen molar-refractivity contribution in [3.8, 4) is 0 Å². The van der Waals surface area contributed by atoms with Gasteiger partial charge < -0.3 is 28.4 Å². The third-order valence-corrected chi connectivity index (χ3v) is 3.94. The third-order valence-electron chi connectivity index (χ3n) is 3.77. The van der Waals surface area contributed by atoms with Crippen LogP contribution in [0.3, 0.4) is 0 Å². The van der Waals surface area contributed by atoms with Crippen LogP contribution >= 0.6 is 11.6 Å². The Morgan fingerprint density at radius 3 is 1.84 bits per heavy atom. The van der Waals surface area contributed by atoms with Crippen LogP contribution in [-0.4, -0.2) is 84.7 Å². The van der Waals surface area contributed by atoms with Crippen molar-refractivity contribution < 1.29 is 52.4 Å². The normalized spacial score (nSPS) is 24.5. The molecule has 1 unspecified atom stereocenters. The van der Waals surface area contributed by atoms with Gasteiger partial charge in [0.15, 0.2) is 12.2 Å². The Balaban J connectivity index is 3.36. The molecule has 0 bridgehead atoms. The smallest absolute Gasteiger partial charge is 0.435 e. The van der Waals surface area contributed by atoms with Crippen molar-refractivity contribution in [2.75, 3.05) is 19.0 Å². The molecule has 180 valence electrons. The summed E-state index contributed by atoms with van der Waals surface area (Å²) in [5, 5.41) is 2.80. The molecule has 5 atom stereocenters. The lowest BCUT2D eigenvalue weighted by atomic mass is 9.98. The largest absolute Gasteiger partial charge is 0.463 e. The number of alkyl halides is 1. The first kappa shape index (κ1) is 27.0. The van der Waals surface area contributed by atoms with E-state index in [0.717, 1.165) is 27.7 Å². The molecular formula is C17H23ClN2O12. The predicted molar refractivity (Wildman–Crippen MR) is 102 cm³/mol. The summed E-state index contributed by atoms with van der Waals surface area (Å²) < 4.78 is 31.0. The highest BCUT2D eigenvalue weighted by Gasteiger charge is 2.54. The van der Waals surface area contributed by atoms with Gasteiger partial charge >= 0.3 is 30.0 Å². The van der Waals surface area contributed by atoms with Gasteiger partial charge in [-0.1, -0.05) is 0 Å². The van der Waals surface area contributed by atoms with Crippen LogP contribution in [0.5, 0.6) is 0 Å². The van der Waals surface area contributed by atoms with E-state index in [9.17, 15) is 28.9 Å². The van der Waals surface area contributed by atoms with Gasteiger partial charge in [0, 0.05) is 33.6 Å². The van der Waals surface area contributed by atoms with E-state index in [1.807, 2.05) is 0 Å². The molecule has 0 N–H and O–H groups in total. The lowest BCUT2D eigenvalue weighted by Gasteiger charge is -2.43. The summed E-state index contributed by atoms with van der Waals surface area (Å²) in [7, 11) is 0. The molecule has 1 aliphatic rings. The second-order valence-corrected chi connectivity index (χ2v) is 6.72. The Labute approximate surface area is 187 Å². The topological polar surface area (TPSA) is 173 Å². The van der Waals surface area contributed by atoms with Crippen LogP contribution in [0.15, 0.2) is 5.29 Å². The molecule has 0 aromatic carbocycles. The average molecular weight is 483 g/mol. The van der Waals surface area contributed by atoms with Crippen molar-refractivity contribution in [1.29, 1.82) is 0 Å². The molecule has 1 saturated heterocycles. The molecule has 1 aliphatic heterocycles. The summed E-state index contributed by atoms with van der Waals surface area (Å²) >= 11 is 5.50. The van der Waals surface area contributed by atoms with Gasteiger partial charge in [-0.05, 0) is 0 Å². The van der Waals surface area contributed by atoms with Gasteiger partial charge in [-0.2, -0.15) is 5.01 Å². The van der Waals surface area contributed by atoms with Crippen molar-refractivity contribution in [3.05, 3.63) is 4.91 Å². The van der Waals surface area contributed by atoms with Gasteiger partial charge in [0.1, 0.15) is 12.7 Å². The number of esters is 4. The standard InChI is InChI=1S/C17H23ClN2O12/c1-8(21)27-7-12-13(28-9(2)22)14(29-10(3)23)15(30-11(4)24)16(31-12)32-17(25)20(19-26)6-5-18/h12-16H,5-7H2,1-4H3/t12-,13-,14+,15-,16?/m1/s1. The third kappa shape index (κ3) is 8.26. The minimum absolute atomic E-state index is 0.153. The van der Waals surface area contributed by atoms with E-state index in [1.165, 1.54) is 0 Å². The number of carbonyl (C=O) groups excluding carboxylic acids is 5. The lowest BCUT2D eigenvalue weighted by Crippen LogP contribution is -2.63. The molecule has 0 spiro atoms. The van der Waals surface area contributed by atoms with Crippen LogP contribution in [0.4, 0.5) is 4.79 Å². The Hall–Kier alpha value is -3.00. The summed E-state index contributed by atoms with van der Waals surface area (Å²) in [6, 6.07) is 0. The van der Waals surface area contributed by atoms with Gasteiger partial charge in [-0.3, -0.25) is 19.2 Å². The molecule has 0 aromatic heterocycles. The summed E-state index contributed by atoms with van der Waals surface area (Å²) in [6.07, 6.45) is -8.98. The van der Waals surface area contributed by atoms with Crippen molar-refractivity contribution in [2.45, 2.75) is 58.4 Å². The highest BCUT2D eigenvalue weighted by Crippen LogP contribution is 2.30. The first-order valence-electron chi connectivity index (χ1n) is 9.18. The van der Waals surface area contributed by atoms with E-state index in [2.05, 4.69) is 5.29 Å². The van der Waals surface area contributed by atoms with Crippen LogP contribution in [0, 0.1) is 4.91 Å². The maximum atomic E-state index is 12.3. The van der Waals surface area contributed by atoms with E-state index >= 15 is 0 Å². The Bertz CT molecular complexity index is 732. The molecule has 0 radical (unpaired) electrons. The lowest BCUT2D eigenvalue weighted by molar-refractivity contribution is -0.295. The van der Waals surface area contributed by atoms with Gasteiger partial charge in [0.2, 0.25) is 12.4 Å². The van der Waals surface area contributed by atoms with Crippen LogP contribution in [0.25, 0.3) is 0 Å². The Morgan fingerprint density at radius 1 is 0.844 bits per heavy atom. The number of ether oxygens (including phenoxy) is 6. The maximum absolute atomic E-state index is 12.3. The molecule has 0 saturated carbocycles. The van der Waals surface area contributed by atoms with E-state index in [0.29, 0.717) is 5.01 Å². The fourth-order valence-corrected chi connectivity index (χ4v) is 2.85. The molecule has 0 aliphatic carbocycles. The first-order valence-corrected chi connectivity index (χ1v) is 9.71. The van der Waals surface area contributed by atoms with Crippen molar-refractivity contribution in [1.82, 2.24) is 5.01 Å². The zero-order valence-corrected chi connectivity index (χ0v) is 18.4. The quantitative estimate of drug-likeness (QED) is 0.146. The van der Waals surface area contributed by atoms with Crippen LogP contribution in [0.1, 0.15) is 27.7 Å². The minimum Gasteiger partial charge on any atom is -0.463 e. The highest BCUT2D eigenvalue weighted by atomic mass is 35.5. The predicted octanol–water partition coefficient (Wildman–Crippen LogP) is 0.428. The first-order chi connectivity index (χ1) is 15.0. The maximum Gasteiger partial charge on any atom is 0.435 e. The molecule has 0 aromatic rings. The molecule has 1 heterocycles. The van der Waals surface area contributed by atoms with Crippen molar-refractivity contribution in [3.63, 3.8) is 0 Å². The van der Waals surface area contributed by atoms with Crippen molar-refractivity contribution in [2.24, 2.45) is 5.29 Å². The SMILES string of the molecule is CC(=O)OC[C@H]1OC(OC(=O)N(CCCl)N=O)[C@H](OC(C)=O)[C@@H](OC(C)=O)[C@@H]1OC(C)=O. The number of rotatable bonds is 9. The zero-order valence-electron chi connectivity index (χ0n) is 17.7. The summed E-state index contributed by atoms with van der Waals surface area (Å²) in [5.74, 6) is -3.43. The van der Waals surface area contributed by atoms with Crippen molar-refractivity contribution >= 4 is 41.6 Å². The number of nitrogens with zero attached hydrogens (tertiary/aromatic N) is 2. The van der Waals surface area contributed by atoms with Gasteiger partial charge in [-0.25, -0.2) is 4.79 Å². The zero-order chi connectivity index (χ0) is 24.4. The second kappa shape index (κ2) is 12.8. The molecule has 1 rings (SSSR count). The summed E-state index contributed by atoms with van der Waals surface area (Å²) in [6.45, 7) is 3.39. The molecule has 14 nitrogen and oxygen atoms in total. The fraction of sp³-hybridized carbons (Fsp3) is 0.706. The fourth-order valence-electron chi connectivity index (χ4n) is 2.69. The van der Waals surface area contributed by atoms with Crippen LogP contribution < -0.4 is 0 Å². The average Bonchev–Trinajstić information content (AvgIpc) is 2.67. The van der Waals surface area contributed by atoms with Crippen LogP contribution in [-0.2, 0) is 47.6 Å². The number of nitroso groups, excluding NO2 is 1. The second-order valence-electron chi connectivity index (χ2n) is 6.35. The molecular weight excluding hydrogens is 460 g/mol.